The molecule has 13 nitrogen and oxygen atoms in total. The SMILES string of the molecule is COc1nc(-c2cccc(-c3cccc(Nc4nc(C)cc5c4c(=O)n(C)c(=O)n5C)c3Cl)c2Cl)cc2c1[C@H](N1CC[C@]3(CN(CCO)C(=O)N3)C1)CC2. The first-order valence-electron chi connectivity index (χ1n) is 17.9. The molecule has 1 aliphatic carbocycles. The highest BCUT2D eigenvalue weighted by Crippen LogP contribution is 2.47. The largest absolute Gasteiger partial charge is 0.481 e. The van der Waals surface area contributed by atoms with Crippen molar-refractivity contribution in [1.82, 2.24) is 34.2 Å². The number of rotatable bonds is 8. The highest BCUT2D eigenvalue weighted by atomic mass is 35.5. The fraction of sp³-hybridized carbons (Fsp3) is 0.359. The predicted molar refractivity (Wildman–Crippen MR) is 209 cm³/mol. The molecule has 5 aromatic rings. The van der Waals surface area contributed by atoms with Crippen LogP contribution in [-0.4, -0.2) is 85.5 Å². The molecule has 2 saturated heterocycles. The third-order valence-corrected chi connectivity index (χ3v) is 11.9. The zero-order valence-corrected chi connectivity index (χ0v) is 31.9. The van der Waals surface area contributed by atoms with Gasteiger partial charge >= 0.3 is 11.7 Å². The molecule has 280 valence electrons. The van der Waals surface area contributed by atoms with Gasteiger partial charge in [0.2, 0.25) is 5.88 Å². The third kappa shape index (κ3) is 5.90. The minimum Gasteiger partial charge on any atom is -0.481 e. The number of anilines is 2. The Morgan fingerprint density at radius 1 is 1.00 bits per heavy atom. The zero-order valence-electron chi connectivity index (χ0n) is 30.4. The summed E-state index contributed by atoms with van der Waals surface area (Å²) in [5.74, 6) is 0.837. The molecular formula is C39H40Cl2N8O5. The number of methoxy groups -OCH3 is 1. The Hall–Kier alpha value is -4.95. The lowest BCUT2D eigenvalue weighted by molar-refractivity contribution is 0.193. The molecule has 0 saturated carbocycles. The number of carbonyl (C=O) groups is 1. The second kappa shape index (κ2) is 13.7. The maximum absolute atomic E-state index is 13.3. The number of nitrogens with zero attached hydrogens (tertiary/aromatic N) is 6. The first-order chi connectivity index (χ1) is 25.9. The molecule has 0 radical (unpaired) electrons. The monoisotopic (exact) mass is 770 g/mol. The summed E-state index contributed by atoms with van der Waals surface area (Å²) in [5, 5.41) is 17.0. The van der Waals surface area contributed by atoms with Crippen LogP contribution in [0.15, 0.2) is 58.1 Å². The third-order valence-electron chi connectivity index (χ3n) is 11.1. The Kier molecular flexibility index (Phi) is 9.16. The van der Waals surface area contributed by atoms with E-state index in [2.05, 4.69) is 26.6 Å². The summed E-state index contributed by atoms with van der Waals surface area (Å²) in [6, 6.07) is 15.0. The molecule has 0 bridgehead atoms. The van der Waals surface area contributed by atoms with Crippen LogP contribution in [0, 0.1) is 6.92 Å². The van der Waals surface area contributed by atoms with Crippen LogP contribution in [0.1, 0.15) is 35.7 Å². The maximum Gasteiger partial charge on any atom is 0.330 e. The van der Waals surface area contributed by atoms with Gasteiger partial charge in [0, 0.05) is 74.3 Å². The molecule has 54 heavy (non-hydrogen) atoms. The standard InChI is InChI=1S/C39H40Cl2N8O5/c1-21-17-29-31(36(51)47(3)38(53)46(29)2)34(42-21)43-26-10-6-8-24(33(26)41)23-7-5-9-25(32(23)40)27-18-22-11-12-28(30(22)35(44-27)54-4)48-14-13-39(19-48)20-49(15-16-50)37(52)45-39/h5-10,17-18,28,50H,11-16,19-20H2,1-4H3,(H,42,43)(H,45,52)/t28-,39-/m1/s1. The average molecular weight is 772 g/mol. The molecule has 0 unspecified atom stereocenters. The number of urea groups is 1. The van der Waals surface area contributed by atoms with E-state index in [9.17, 15) is 19.5 Å². The van der Waals surface area contributed by atoms with Crippen molar-refractivity contribution >= 4 is 51.6 Å². The number of aryl methyl sites for hydroxylation is 3. The summed E-state index contributed by atoms with van der Waals surface area (Å²) >= 11 is 14.3. The number of hydrogen-bond donors (Lipinski definition) is 3. The molecule has 3 N–H and O–H groups in total. The number of likely N-dealkylation sites (tertiary alicyclic amines) is 1. The number of ether oxygens (including phenoxy) is 1. The van der Waals surface area contributed by atoms with Gasteiger partial charge in [0.25, 0.3) is 5.56 Å². The Morgan fingerprint density at radius 2 is 1.74 bits per heavy atom. The first kappa shape index (κ1) is 36.0. The predicted octanol–water partition coefficient (Wildman–Crippen LogP) is 5.18. The molecule has 2 atom stereocenters. The molecule has 3 aromatic heterocycles. The smallest absolute Gasteiger partial charge is 0.330 e. The number of aliphatic hydroxyl groups is 1. The Labute approximate surface area is 321 Å². The molecule has 1 spiro atoms. The van der Waals surface area contributed by atoms with Crippen molar-refractivity contribution < 1.29 is 14.6 Å². The minimum atomic E-state index is -0.466. The van der Waals surface area contributed by atoms with Crippen LogP contribution in [0.3, 0.4) is 0 Å². The summed E-state index contributed by atoms with van der Waals surface area (Å²) in [7, 11) is 4.69. The average Bonchev–Trinajstić information content (AvgIpc) is 3.86. The van der Waals surface area contributed by atoms with Crippen molar-refractivity contribution in [1.29, 1.82) is 0 Å². The number of carbonyl (C=O) groups excluding carboxylic acids is 1. The van der Waals surface area contributed by atoms with Crippen molar-refractivity contribution in [3.05, 3.63) is 96.2 Å². The number of nitrogens with one attached hydrogen (secondary N) is 2. The molecule has 2 amide bonds. The first-order valence-corrected chi connectivity index (χ1v) is 18.6. The summed E-state index contributed by atoms with van der Waals surface area (Å²) in [6.07, 6.45) is 2.57. The molecule has 8 rings (SSSR count). The second-order valence-corrected chi connectivity index (χ2v) is 15.1. The van der Waals surface area contributed by atoms with Gasteiger partial charge in [-0.3, -0.25) is 18.8 Å². The van der Waals surface area contributed by atoms with Crippen molar-refractivity contribution in [3.8, 4) is 28.3 Å². The Bertz CT molecular complexity index is 2490. The number of amides is 2. The van der Waals surface area contributed by atoms with E-state index in [0.29, 0.717) is 69.3 Å². The van der Waals surface area contributed by atoms with Gasteiger partial charge in [0.1, 0.15) is 11.2 Å². The minimum absolute atomic E-state index is 0.0600. The van der Waals surface area contributed by atoms with Crippen LogP contribution in [0.2, 0.25) is 10.0 Å². The molecule has 3 aliphatic rings. The normalized spacial score (nSPS) is 19.6. The van der Waals surface area contributed by atoms with E-state index >= 15 is 0 Å². The van der Waals surface area contributed by atoms with E-state index in [-0.39, 0.29) is 35.4 Å². The number of hydrogen-bond acceptors (Lipinski definition) is 9. The number of halogens is 2. The molecular weight excluding hydrogens is 731 g/mol. The fourth-order valence-corrected chi connectivity index (χ4v) is 9.03. The van der Waals surface area contributed by atoms with Gasteiger partial charge < -0.3 is 25.4 Å². The maximum atomic E-state index is 13.3. The van der Waals surface area contributed by atoms with Crippen LogP contribution >= 0.6 is 23.2 Å². The lowest BCUT2D eigenvalue weighted by Crippen LogP contribution is -2.46. The highest BCUT2D eigenvalue weighted by Gasteiger charge is 2.49. The highest BCUT2D eigenvalue weighted by molar-refractivity contribution is 6.39. The number of benzene rings is 2. The molecule has 5 heterocycles. The van der Waals surface area contributed by atoms with Gasteiger partial charge in [-0.25, -0.2) is 19.6 Å². The summed E-state index contributed by atoms with van der Waals surface area (Å²) in [5.41, 5.74) is 5.34. The molecule has 15 heteroatoms. The number of aromatic nitrogens is 4. The second-order valence-electron chi connectivity index (χ2n) is 14.4. The molecule has 2 fully saturated rings. The summed E-state index contributed by atoms with van der Waals surface area (Å²) < 4.78 is 8.43. The van der Waals surface area contributed by atoms with Crippen LogP contribution in [-0.2, 0) is 20.5 Å². The lowest BCUT2D eigenvalue weighted by atomic mass is 9.99. The summed E-state index contributed by atoms with van der Waals surface area (Å²) in [4.78, 5) is 52.3. The molecule has 2 aliphatic heterocycles. The van der Waals surface area contributed by atoms with Crippen molar-refractivity contribution in [3.63, 3.8) is 0 Å². The van der Waals surface area contributed by atoms with E-state index < -0.39 is 11.2 Å². The van der Waals surface area contributed by atoms with Gasteiger partial charge in [-0.15, -0.1) is 0 Å². The lowest BCUT2D eigenvalue weighted by Gasteiger charge is -2.28. The molecule has 2 aromatic carbocycles. The van der Waals surface area contributed by atoms with Crippen LogP contribution in [0.5, 0.6) is 5.88 Å². The van der Waals surface area contributed by atoms with Crippen molar-refractivity contribution in [2.24, 2.45) is 14.1 Å². The van der Waals surface area contributed by atoms with Gasteiger partial charge in [0.15, 0.2) is 0 Å². The van der Waals surface area contributed by atoms with Gasteiger partial charge in [-0.05, 0) is 49.9 Å². The van der Waals surface area contributed by atoms with E-state index in [0.717, 1.165) is 47.1 Å². The van der Waals surface area contributed by atoms with E-state index in [1.54, 1.807) is 38.1 Å². The number of fused-ring (bicyclic) bond motifs is 2. The quantitative estimate of drug-likeness (QED) is 0.194. The fourth-order valence-electron chi connectivity index (χ4n) is 8.43. The van der Waals surface area contributed by atoms with Gasteiger partial charge in [-0.2, -0.15) is 0 Å². The van der Waals surface area contributed by atoms with E-state index in [4.69, 9.17) is 32.9 Å². The topological polar surface area (TPSA) is 147 Å². The Balaban J connectivity index is 1.11. The van der Waals surface area contributed by atoms with E-state index in [1.807, 2.05) is 30.3 Å². The van der Waals surface area contributed by atoms with Crippen LogP contribution < -0.4 is 26.6 Å². The number of pyridine rings is 2. The Morgan fingerprint density at radius 3 is 2.50 bits per heavy atom. The van der Waals surface area contributed by atoms with Crippen molar-refractivity contribution in [2.75, 3.05) is 45.2 Å². The summed E-state index contributed by atoms with van der Waals surface area (Å²) in [6.45, 7) is 4.19. The van der Waals surface area contributed by atoms with Gasteiger partial charge in [-0.1, -0.05) is 53.5 Å². The van der Waals surface area contributed by atoms with Crippen LogP contribution in [0.4, 0.5) is 16.3 Å². The number of β-amino-alcohol motifs (C(OH)–C–C–N with tert-alkyl or cyclic N) is 1. The zero-order chi connectivity index (χ0) is 38.1. The van der Waals surface area contributed by atoms with Crippen LogP contribution in [0.25, 0.3) is 33.3 Å². The number of aliphatic hydroxyl groups excluding tert-OH is 1. The van der Waals surface area contributed by atoms with Gasteiger partial charge in [0.05, 0.1) is 46.2 Å². The van der Waals surface area contributed by atoms with E-state index in [1.165, 1.54) is 11.6 Å². The van der Waals surface area contributed by atoms with Crippen molar-refractivity contribution in [2.45, 2.75) is 37.8 Å².